The number of nitrogens with one attached hydrogen (secondary N) is 1. The molecule has 3 rings (SSSR count). The number of carbonyl (C=O) groups is 2. The molecule has 2 aromatic carbocycles. The number of benzene rings is 2. The number of hydrogen-bond acceptors (Lipinski definition) is 5. The summed E-state index contributed by atoms with van der Waals surface area (Å²) in [6.07, 6.45) is 1.47. The maximum atomic E-state index is 12.2. The second-order valence-corrected chi connectivity index (χ2v) is 5.50. The molecule has 0 unspecified atom stereocenters. The number of amides is 1. The molecule has 0 aliphatic carbocycles. The zero-order chi connectivity index (χ0) is 18.5. The van der Waals surface area contributed by atoms with Gasteiger partial charge in [-0.05, 0) is 42.8 Å². The summed E-state index contributed by atoms with van der Waals surface area (Å²) in [5.74, 6) is -0.817. The van der Waals surface area contributed by atoms with Crippen molar-refractivity contribution in [1.29, 1.82) is 0 Å². The molecule has 7 nitrogen and oxygen atoms in total. The molecule has 1 amide bonds. The normalized spacial score (nSPS) is 11.0. The Morgan fingerprint density at radius 1 is 1.19 bits per heavy atom. The van der Waals surface area contributed by atoms with Crippen molar-refractivity contribution in [3.63, 3.8) is 0 Å². The summed E-state index contributed by atoms with van der Waals surface area (Å²) in [6, 6.07) is 14.0. The zero-order valence-corrected chi connectivity index (χ0v) is 13.9. The number of rotatable bonds is 6. The lowest BCUT2D eigenvalue weighted by Gasteiger charge is -2.02. The predicted molar refractivity (Wildman–Crippen MR) is 95.6 cm³/mol. The molecule has 0 bridgehead atoms. The number of carboxylic acids is 1. The number of hydrazone groups is 1. The molecule has 0 fully saturated rings. The Hall–Kier alpha value is -3.61. The average Bonchev–Trinajstić information content (AvgIpc) is 2.98. The van der Waals surface area contributed by atoms with Gasteiger partial charge in [-0.1, -0.05) is 18.2 Å². The van der Waals surface area contributed by atoms with Gasteiger partial charge in [0.2, 0.25) is 0 Å². The van der Waals surface area contributed by atoms with Crippen LogP contribution in [0.15, 0.2) is 58.0 Å². The Morgan fingerprint density at radius 3 is 2.62 bits per heavy atom. The van der Waals surface area contributed by atoms with Gasteiger partial charge in [-0.25, -0.2) is 10.2 Å². The molecule has 0 saturated carbocycles. The molecular weight excluding hydrogens is 336 g/mol. The summed E-state index contributed by atoms with van der Waals surface area (Å²) in [6.45, 7) is 1.42. The van der Waals surface area contributed by atoms with Gasteiger partial charge in [0.1, 0.15) is 11.3 Å². The van der Waals surface area contributed by atoms with Crippen molar-refractivity contribution < 1.29 is 23.8 Å². The highest BCUT2D eigenvalue weighted by molar-refractivity contribution is 5.99. The minimum absolute atomic E-state index is 0.223. The predicted octanol–water partition coefficient (Wildman–Crippen LogP) is 2.97. The van der Waals surface area contributed by atoms with E-state index in [2.05, 4.69) is 10.5 Å². The second kappa shape index (κ2) is 7.52. The fourth-order valence-corrected chi connectivity index (χ4v) is 2.40. The van der Waals surface area contributed by atoms with Crippen LogP contribution in [0.3, 0.4) is 0 Å². The number of nitrogens with zero attached hydrogens (tertiary/aromatic N) is 1. The lowest BCUT2D eigenvalue weighted by molar-refractivity contribution is -0.139. The van der Waals surface area contributed by atoms with Gasteiger partial charge in [-0.15, -0.1) is 0 Å². The summed E-state index contributed by atoms with van der Waals surface area (Å²) < 4.78 is 10.6. The summed E-state index contributed by atoms with van der Waals surface area (Å²) in [5, 5.41) is 13.4. The van der Waals surface area contributed by atoms with Gasteiger partial charge in [0.05, 0.1) is 6.21 Å². The lowest BCUT2D eigenvalue weighted by Crippen LogP contribution is -2.17. The smallest absolute Gasteiger partial charge is 0.341 e. The third-order valence-corrected chi connectivity index (χ3v) is 3.67. The van der Waals surface area contributed by atoms with Crippen LogP contribution in [0.25, 0.3) is 11.0 Å². The van der Waals surface area contributed by atoms with Crippen LogP contribution in [0.2, 0.25) is 0 Å². The van der Waals surface area contributed by atoms with E-state index in [0.29, 0.717) is 16.9 Å². The largest absolute Gasteiger partial charge is 0.482 e. The molecule has 0 atom stereocenters. The number of para-hydroxylation sites is 1. The molecular formula is C19H16N2O5. The van der Waals surface area contributed by atoms with Crippen LogP contribution in [0.4, 0.5) is 0 Å². The van der Waals surface area contributed by atoms with E-state index in [9.17, 15) is 9.59 Å². The molecule has 2 N–H and O–H groups in total. The van der Waals surface area contributed by atoms with Gasteiger partial charge in [-0.2, -0.15) is 5.10 Å². The molecule has 1 aromatic heterocycles. The number of aliphatic carboxylic acids is 1. The van der Waals surface area contributed by atoms with Gasteiger partial charge in [0.25, 0.3) is 0 Å². The molecule has 0 aliphatic rings. The lowest BCUT2D eigenvalue weighted by atomic mass is 10.1. The van der Waals surface area contributed by atoms with E-state index in [1.165, 1.54) is 6.21 Å². The summed E-state index contributed by atoms with van der Waals surface area (Å²) in [7, 11) is 0. The molecule has 132 valence electrons. The molecule has 7 heteroatoms. The van der Waals surface area contributed by atoms with E-state index < -0.39 is 18.5 Å². The van der Waals surface area contributed by atoms with Gasteiger partial charge in [0, 0.05) is 10.9 Å². The number of ether oxygens (including phenoxy) is 1. The Balaban J connectivity index is 1.63. The minimum Gasteiger partial charge on any atom is -0.482 e. The van der Waals surface area contributed by atoms with E-state index in [-0.39, 0.29) is 5.76 Å². The van der Waals surface area contributed by atoms with E-state index in [4.69, 9.17) is 14.3 Å². The van der Waals surface area contributed by atoms with E-state index in [1.807, 2.05) is 25.1 Å². The molecule has 0 spiro atoms. The van der Waals surface area contributed by atoms with E-state index in [1.54, 1.807) is 30.3 Å². The quantitative estimate of drug-likeness (QED) is 0.525. The fraction of sp³-hybridized carbons (Fsp3) is 0.105. The highest BCUT2D eigenvalue weighted by Crippen LogP contribution is 2.24. The Morgan fingerprint density at radius 2 is 1.92 bits per heavy atom. The number of carboxylic acid groups (broad SMARTS) is 1. The van der Waals surface area contributed by atoms with Crippen LogP contribution in [0.5, 0.6) is 5.75 Å². The van der Waals surface area contributed by atoms with Crippen LogP contribution >= 0.6 is 0 Å². The number of aryl methyl sites for hydroxylation is 1. The third kappa shape index (κ3) is 3.89. The topological polar surface area (TPSA) is 101 Å². The van der Waals surface area contributed by atoms with Crippen LogP contribution in [-0.4, -0.2) is 29.8 Å². The summed E-state index contributed by atoms with van der Waals surface area (Å²) in [4.78, 5) is 22.7. The highest BCUT2D eigenvalue weighted by Gasteiger charge is 2.16. The first kappa shape index (κ1) is 17.2. The number of carbonyl (C=O) groups excluding carboxylic acids is 1. The summed E-state index contributed by atoms with van der Waals surface area (Å²) in [5.41, 5.74) is 4.56. The number of fused-ring (bicyclic) bond motifs is 1. The maximum Gasteiger partial charge on any atom is 0.341 e. The van der Waals surface area contributed by atoms with Crippen molar-refractivity contribution in [2.75, 3.05) is 6.61 Å². The summed E-state index contributed by atoms with van der Waals surface area (Å²) >= 11 is 0. The highest BCUT2D eigenvalue weighted by atomic mass is 16.5. The van der Waals surface area contributed by atoms with Gasteiger partial charge >= 0.3 is 11.9 Å². The van der Waals surface area contributed by atoms with Gasteiger partial charge < -0.3 is 14.3 Å². The Bertz CT molecular complexity index is 973. The first-order valence-corrected chi connectivity index (χ1v) is 7.81. The first-order valence-electron chi connectivity index (χ1n) is 7.81. The number of hydrogen-bond donors (Lipinski definition) is 2. The zero-order valence-electron chi connectivity index (χ0n) is 13.9. The first-order chi connectivity index (χ1) is 12.5. The van der Waals surface area contributed by atoms with Crippen molar-refractivity contribution in [2.24, 2.45) is 5.10 Å². The standard InChI is InChI=1S/C19H16N2O5/c1-12-15-4-2-3-5-16(15)26-18(12)19(24)21-20-10-13-6-8-14(9-7-13)25-11-17(22)23/h2-10H,11H2,1H3,(H,21,24)(H,22,23)/b20-10+. The van der Waals surface area contributed by atoms with Gasteiger partial charge in [-0.3, -0.25) is 4.79 Å². The molecule has 0 radical (unpaired) electrons. The monoisotopic (exact) mass is 352 g/mol. The van der Waals surface area contributed by atoms with Crippen molar-refractivity contribution in [2.45, 2.75) is 6.92 Å². The van der Waals surface area contributed by atoms with Crippen LogP contribution in [-0.2, 0) is 4.79 Å². The third-order valence-electron chi connectivity index (χ3n) is 3.67. The molecule has 3 aromatic rings. The molecule has 1 heterocycles. The average molecular weight is 352 g/mol. The van der Waals surface area contributed by atoms with Crippen molar-refractivity contribution in [3.05, 3.63) is 65.4 Å². The number of furan rings is 1. The van der Waals surface area contributed by atoms with Crippen molar-refractivity contribution >= 4 is 29.1 Å². The Kier molecular flexibility index (Phi) is 4.98. The molecule has 26 heavy (non-hydrogen) atoms. The van der Waals surface area contributed by atoms with Gasteiger partial charge in [0.15, 0.2) is 12.4 Å². The SMILES string of the molecule is Cc1c(C(=O)N/N=C/c2ccc(OCC(=O)O)cc2)oc2ccccc12. The van der Waals surface area contributed by atoms with Crippen molar-refractivity contribution in [1.82, 2.24) is 5.43 Å². The fourth-order valence-electron chi connectivity index (χ4n) is 2.40. The van der Waals surface area contributed by atoms with E-state index >= 15 is 0 Å². The molecule has 0 aliphatic heterocycles. The minimum atomic E-state index is -1.04. The van der Waals surface area contributed by atoms with Crippen LogP contribution in [0.1, 0.15) is 21.7 Å². The second-order valence-electron chi connectivity index (χ2n) is 5.50. The van der Waals surface area contributed by atoms with E-state index in [0.717, 1.165) is 10.9 Å². The Labute approximate surface area is 148 Å². The van der Waals surface area contributed by atoms with Crippen molar-refractivity contribution in [3.8, 4) is 5.75 Å². The molecule has 0 saturated heterocycles. The maximum absolute atomic E-state index is 12.2. The van der Waals surface area contributed by atoms with Crippen LogP contribution < -0.4 is 10.2 Å². The van der Waals surface area contributed by atoms with Crippen LogP contribution in [0, 0.1) is 6.92 Å².